The maximum absolute atomic E-state index is 8.49. The van der Waals surface area contributed by atoms with E-state index in [0.29, 0.717) is 0 Å². The van der Waals surface area contributed by atoms with E-state index in [1.54, 1.807) is 0 Å². The summed E-state index contributed by atoms with van der Waals surface area (Å²) in [5.41, 5.74) is 0. The van der Waals surface area contributed by atoms with Crippen LogP contribution < -0.4 is 18.6 Å². The van der Waals surface area contributed by atoms with Crippen molar-refractivity contribution in [3.8, 4) is 0 Å². The van der Waals surface area contributed by atoms with Gasteiger partial charge in [-0.25, -0.2) is 18.6 Å². The molecule has 0 saturated heterocycles. The molecule has 0 unspecified atom stereocenters. The lowest BCUT2D eigenvalue weighted by atomic mass is 10.6. The lowest BCUT2D eigenvalue weighted by Crippen LogP contribution is -2.68. The second-order valence-electron chi connectivity index (χ2n) is 2.87. The molecule has 0 spiro atoms. The van der Waals surface area contributed by atoms with Crippen LogP contribution in [-0.4, -0.2) is 50.1 Å². The van der Waals surface area contributed by atoms with Gasteiger partial charge in [0.25, 0.3) is 0 Å². The average Bonchev–Trinajstić information content (AvgIpc) is 1.80. The Morgan fingerprint density at radius 1 is 1.21 bits per heavy atom. The molecule has 0 saturated carbocycles. The van der Waals surface area contributed by atoms with Gasteiger partial charge < -0.3 is 4.90 Å². The largest absolute Gasteiger partial charge is 0.305 e. The van der Waals surface area contributed by atoms with E-state index in [4.69, 9.17) is 18.6 Å². The van der Waals surface area contributed by atoms with Crippen molar-refractivity contribution in [2.45, 2.75) is 0 Å². The first-order valence-electron chi connectivity index (χ1n) is 3.64. The molecule has 14 heavy (non-hydrogen) atoms. The molecule has 0 aromatic rings. The second kappa shape index (κ2) is 7.90. The van der Waals surface area contributed by atoms with Crippen LogP contribution in [0, 0.1) is 10.2 Å². The third-order valence-electron chi connectivity index (χ3n) is 0.806. The molecule has 6 nitrogen and oxygen atoms in total. The highest BCUT2D eigenvalue weighted by Crippen LogP contribution is 1.69. The molecule has 0 aliphatic carbocycles. The summed E-state index contributed by atoms with van der Waals surface area (Å²) in [5, 5.41) is 0. The van der Waals surface area contributed by atoms with Gasteiger partial charge in [0.05, 0.1) is 0 Å². The third-order valence-corrected chi connectivity index (χ3v) is 0.806. The Morgan fingerprint density at radius 3 is 1.79 bits per heavy atom. The molecular weight excluding hydrogens is 212 g/mol. The monoisotopic (exact) mass is 226 g/mol. The summed E-state index contributed by atoms with van der Waals surface area (Å²) in [4.78, 5) is 2.09. The molecule has 0 amide bonds. The van der Waals surface area contributed by atoms with Gasteiger partial charge in [0.15, 0.2) is 5.87 Å². The van der Waals surface area contributed by atoms with Crippen LogP contribution in [0.15, 0.2) is 6.08 Å². The van der Waals surface area contributed by atoms with E-state index in [1.165, 1.54) is 0 Å². The molecular formula is C7H15ClN2O4. The van der Waals surface area contributed by atoms with Gasteiger partial charge in [-0.05, 0) is 14.1 Å². The molecule has 0 aromatic carbocycles. The lowest BCUT2D eigenvalue weighted by Gasteiger charge is -2.17. The fourth-order valence-electron chi connectivity index (χ4n) is 0.406. The standard InChI is InChI=1S/C7H15N2.ClHO4/c1-8(2)6-5-7-9(3)4;2-1(3,4)5/h5H,6H2,1-4H3;(H,2,3,4,5)/q+1;/p-1. The van der Waals surface area contributed by atoms with E-state index < -0.39 is 10.2 Å². The highest BCUT2D eigenvalue weighted by atomic mass is 35.7. The predicted molar refractivity (Wildman–Crippen MR) is 40.2 cm³/mol. The minimum Gasteiger partial charge on any atom is -0.305 e. The van der Waals surface area contributed by atoms with E-state index in [9.17, 15) is 0 Å². The van der Waals surface area contributed by atoms with E-state index in [2.05, 4.69) is 10.8 Å². The fourth-order valence-corrected chi connectivity index (χ4v) is 0.406. The number of likely N-dealkylation sites (N-methyl/N-ethyl adjacent to an activating group) is 1. The van der Waals surface area contributed by atoms with Gasteiger partial charge in [0, 0.05) is 12.6 Å². The Hall–Kier alpha value is -0.460. The van der Waals surface area contributed by atoms with Crippen LogP contribution in [0.5, 0.6) is 0 Å². The van der Waals surface area contributed by atoms with Crippen molar-refractivity contribution in [1.29, 1.82) is 0 Å². The highest BCUT2D eigenvalue weighted by Gasteiger charge is 1.84. The average molecular weight is 227 g/mol. The normalized spacial score (nSPS) is 10.1. The minimum absolute atomic E-state index is 0.957. The lowest BCUT2D eigenvalue weighted by molar-refractivity contribution is -2.00. The van der Waals surface area contributed by atoms with Crippen molar-refractivity contribution >= 4 is 5.87 Å². The summed E-state index contributed by atoms with van der Waals surface area (Å²) in [6.07, 6.45) is 2.00. The first kappa shape index (κ1) is 16.0. The summed E-state index contributed by atoms with van der Waals surface area (Å²) in [6.45, 7) is 0.957. The summed E-state index contributed by atoms with van der Waals surface area (Å²) in [5.74, 6) is 3.04. The van der Waals surface area contributed by atoms with Gasteiger partial charge in [-0.1, -0.05) is 0 Å². The molecule has 84 valence electrons. The number of rotatable bonds is 2. The maximum atomic E-state index is 8.49. The predicted octanol–water partition coefficient (Wildman–Crippen LogP) is -4.71. The highest BCUT2D eigenvalue weighted by molar-refractivity contribution is 5.45. The van der Waals surface area contributed by atoms with Crippen molar-refractivity contribution < 1.29 is 33.5 Å². The number of hydrogen-bond donors (Lipinski definition) is 0. The van der Waals surface area contributed by atoms with Crippen molar-refractivity contribution in [3.63, 3.8) is 0 Å². The summed E-state index contributed by atoms with van der Waals surface area (Å²) in [6, 6.07) is 0. The first-order chi connectivity index (χ1) is 6.13. The first-order valence-corrected chi connectivity index (χ1v) is 4.88. The van der Waals surface area contributed by atoms with Crippen LogP contribution in [0.1, 0.15) is 0 Å². The van der Waals surface area contributed by atoms with Gasteiger partial charge in [-0.15, -0.1) is 10.2 Å². The zero-order chi connectivity index (χ0) is 11.8. The molecule has 0 atom stereocenters. The van der Waals surface area contributed by atoms with Gasteiger partial charge in [-0.3, -0.25) is 0 Å². The van der Waals surface area contributed by atoms with Gasteiger partial charge >= 0.3 is 0 Å². The Bertz CT molecular complexity index is 196. The van der Waals surface area contributed by atoms with E-state index >= 15 is 0 Å². The van der Waals surface area contributed by atoms with Crippen LogP contribution in [0.25, 0.3) is 0 Å². The van der Waals surface area contributed by atoms with E-state index in [0.717, 1.165) is 6.54 Å². The molecule has 0 rings (SSSR count). The van der Waals surface area contributed by atoms with E-state index in [-0.39, 0.29) is 0 Å². The zero-order valence-corrected chi connectivity index (χ0v) is 9.45. The molecule has 0 bridgehead atoms. The molecule has 0 aliphatic rings. The number of halogens is 1. The van der Waals surface area contributed by atoms with Crippen molar-refractivity contribution in [3.05, 3.63) is 6.08 Å². The molecule has 0 N–H and O–H groups in total. The van der Waals surface area contributed by atoms with Gasteiger partial charge in [0.1, 0.15) is 14.1 Å². The summed E-state index contributed by atoms with van der Waals surface area (Å²) < 4.78 is 35.9. The van der Waals surface area contributed by atoms with Crippen LogP contribution >= 0.6 is 0 Å². The van der Waals surface area contributed by atoms with Crippen LogP contribution in [0.3, 0.4) is 0 Å². The van der Waals surface area contributed by atoms with Gasteiger partial charge in [-0.2, -0.15) is 4.58 Å². The maximum Gasteiger partial charge on any atom is 0.163 e. The van der Waals surface area contributed by atoms with Crippen molar-refractivity contribution in [2.75, 3.05) is 34.7 Å². The quantitative estimate of drug-likeness (QED) is 0.348. The number of hydrogen-bond acceptors (Lipinski definition) is 5. The van der Waals surface area contributed by atoms with Crippen LogP contribution in [0.2, 0.25) is 0 Å². The summed E-state index contributed by atoms with van der Waals surface area (Å²) >= 11 is 0. The molecule has 7 heteroatoms. The van der Waals surface area contributed by atoms with Gasteiger partial charge in [0.2, 0.25) is 0 Å². The van der Waals surface area contributed by atoms with Crippen LogP contribution in [0.4, 0.5) is 0 Å². The van der Waals surface area contributed by atoms with Crippen molar-refractivity contribution in [1.82, 2.24) is 4.90 Å². The van der Waals surface area contributed by atoms with Crippen LogP contribution in [-0.2, 0) is 0 Å². The molecule has 0 aromatic heterocycles. The Labute approximate surface area is 85.7 Å². The third kappa shape index (κ3) is 41.8. The molecule has 0 radical (unpaired) electrons. The Kier molecular flexibility index (Phi) is 9.02. The van der Waals surface area contributed by atoms with E-state index in [1.807, 2.05) is 38.8 Å². The fraction of sp³-hybridized carbons (Fsp3) is 0.714. The minimum atomic E-state index is -4.94. The molecule has 0 heterocycles. The second-order valence-corrected chi connectivity index (χ2v) is 3.62. The zero-order valence-electron chi connectivity index (χ0n) is 8.69. The topological polar surface area (TPSA) is 98.5 Å². The Morgan fingerprint density at radius 2 is 1.57 bits per heavy atom. The smallest absolute Gasteiger partial charge is 0.163 e. The molecule has 0 aliphatic heterocycles. The SMILES string of the molecule is CN(C)CC=C=[N+](C)C.[O-][Cl+3]([O-])([O-])[O-]. The van der Waals surface area contributed by atoms with Crippen molar-refractivity contribution in [2.24, 2.45) is 0 Å². The molecule has 0 fully saturated rings. The Balaban J connectivity index is 0. The number of nitrogens with zero attached hydrogens (tertiary/aromatic N) is 2. The summed E-state index contributed by atoms with van der Waals surface area (Å²) in [7, 11) is 3.06.